The Bertz CT molecular complexity index is 2550. The van der Waals surface area contributed by atoms with Crippen LogP contribution < -0.4 is 0 Å². The number of rotatable bonds is 6. The first-order chi connectivity index (χ1) is 24.7. The van der Waals surface area contributed by atoms with E-state index in [9.17, 15) is 0 Å². The molecular formula is C46H33N3O. The van der Waals surface area contributed by atoms with Gasteiger partial charge in [0.25, 0.3) is 0 Å². The zero-order chi connectivity index (χ0) is 33.4. The summed E-state index contributed by atoms with van der Waals surface area (Å²) in [5.41, 5.74) is 10.7. The van der Waals surface area contributed by atoms with Crippen LogP contribution in [0.25, 0.3) is 72.5 Å². The molecule has 238 valence electrons. The van der Waals surface area contributed by atoms with Gasteiger partial charge in [-0.05, 0) is 57.5 Å². The van der Waals surface area contributed by atoms with Crippen molar-refractivity contribution in [3.63, 3.8) is 0 Å². The Hall–Kier alpha value is -6.39. The SMILES string of the molecule is CC1C=C(c2ccc(-c3ccccc3)cc2)C=CC1c1nc(-c2ccccc2)nc(-c2cccc(-c3cccc4oc5ccccc5c34)c2)n1. The molecule has 0 N–H and O–H groups in total. The van der Waals surface area contributed by atoms with E-state index >= 15 is 0 Å². The second-order valence-corrected chi connectivity index (χ2v) is 12.9. The van der Waals surface area contributed by atoms with E-state index in [4.69, 9.17) is 19.4 Å². The number of aromatic nitrogens is 3. The molecule has 0 aliphatic heterocycles. The Morgan fingerprint density at radius 3 is 1.88 bits per heavy atom. The van der Waals surface area contributed by atoms with Gasteiger partial charge in [0.1, 0.15) is 17.0 Å². The number of hydrogen-bond acceptors (Lipinski definition) is 4. The Kier molecular flexibility index (Phi) is 7.47. The summed E-state index contributed by atoms with van der Waals surface area (Å²) in [5, 5.41) is 2.22. The third kappa shape index (κ3) is 5.51. The summed E-state index contributed by atoms with van der Waals surface area (Å²) in [6, 6.07) is 52.4. The van der Waals surface area contributed by atoms with Crippen molar-refractivity contribution in [2.75, 3.05) is 0 Å². The van der Waals surface area contributed by atoms with Crippen LogP contribution in [0.4, 0.5) is 0 Å². The monoisotopic (exact) mass is 643 g/mol. The molecule has 4 heteroatoms. The van der Waals surface area contributed by atoms with Gasteiger partial charge in [-0.25, -0.2) is 15.0 Å². The lowest BCUT2D eigenvalue weighted by Gasteiger charge is -2.23. The topological polar surface area (TPSA) is 51.8 Å². The normalized spacial score (nSPS) is 15.7. The van der Waals surface area contributed by atoms with Crippen LogP contribution in [0.5, 0.6) is 0 Å². The van der Waals surface area contributed by atoms with Gasteiger partial charge in [0.15, 0.2) is 11.6 Å². The molecule has 8 aromatic rings. The minimum absolute atomic E-state index is 0.000722. The van der Waals surface area contributed by atoms with Crippen molar-refractivity contribution in [2.24, 2.45) is 5.92 Å². The molecule has 1 aliphatic rings. The number of nitrogens with zero attached hydrogens (tertiary/aromatic N) is 3. The van der Waals surface area contributed by atoms with E-state index in [0.29, 0.717) is 11.6 Å². The van der Waals surface area contributed by atoms with Crippen LogP contribution in [0, 0.1) is 5.92 Å². The predicted molar refractivity (Wildman–Crippen MR) is 204 cm³/mol. The van der Waals surface area contributed by atoms with E-state index < -0.39 is 0 Å². The van der Waals surface area contributed by atoms with Gasteiger partial charge in [0.2, 0.25) is 0 Å². The molecule has 1 aliphatic carbocycles. The van der Waals surface area contributed by atoms with Gasteiger partial charge in [-0.2, -0.15) is 0 Å². The summed E-state index contributed by atoms with van der Waals surface area (Å²) in [6.45, 7) is 2.24. The number of hydrogen-bond donors (Lipinski definition) is 0. The highest BCUT2D eigenvalue weighted by molar-refractivity contribution is 6.12. The Balaban J connectivity index is 1.09. The maximum Gasteiger partial charge on any atom is 0.163 e. The van der Waals surface area contributed by atoms with Crippen LogP contribution in [0.3, 0.4) is 0 Å². The van der Waals surface area contributed by atoms with Crippen LogP contribution in [0.2, 0.25) is 0 Å². The first kappa shape index (κ1) is 29.7. The van der Waals surface area contributed by atoms with Gasteiger partial charge < -0.3 is 4.42 Å². The molecule has 4 nitrogen and oxygen atoms in total. The molecule has 2 aromatic heterocycles. The smallest absolute Gasteiger partial charge is 0.163 e. The number of benzene rings is 6. The van der Waals surface area contributed by atoms with Crippen molar-refractivity contribution >= 4 is 27.5 Å². The van der Waals surface area contributed by atoms with Crippen molar-refractivity contribution < 1.29 is 4.42 Å². The van der Waals surface area contributed by atoms with E-state index in [1.807, 2.05) is 42.5 Å². The third-order valence-electron chi connectivity index (χ3n) is 9.63. The number of allylic oxidation sites excluding steroid dienone is 4. The average molecular weight is 644 g/mol. The molecule has 0 saturated carbocycles. The van der Waals surface area contributed by atoms with Crippen molar-refractivity contribution in [2.45, 2.75) is 12.8 Å². The van der Waals surface area contributed by atoms with Crippen molar-refractivity contribution in [3.8, 4) is 45.0 Å². The average Bonchev–Trinajstić information content (AvgIpc) is 3.58. The van der Waals surface area contributed by atoms with E-state index in [1.165, 1.54) is 22.3 Å². The number of furan rings is 1. The van der Waals surface area contributed by atoms with Crippen molar-refractivity contribution in [1.29, 1.82) is 0 Å². The molecule has 2 heterocycles. The molecule has 0 radical (unpaired) electrons. The summed E-state index contributed by atoms with van der Waals surface area (Å²) < 4.78 is 6.20. The molecule has 2 unspecified atom stereocenters. The number of fused-ring (bicyclic) bond motifs is 3. The second-order valence-electron chi connectivity index (χ2n) is 12.9. The molecular weight excluding hydrogens is 611 g/mol. The van der Waals surface area contributed by atoms with Gasteiger partial charge in [0.05, 0.1) is 0 Å². The summed E-state index contributed by atoms with van der Waals surface area (Å²) in [6.07, 6.45) is 6.80. The summed E-state index contributed by atoms with van der Waals surface area (Å²) in [4.78, 5) is 15.3. The maximum atomic E-state index is 6.20. The molecule has 0 saturated heterocycles. The lowest BCUT2D eigenvalue weighted by molar-refractivity contribution is 0.602. The van der Waals surface area contributed by atoms with Crippen LogP contribution in [-0.2, 0) is 0 Å². The van der Waals surface area contributed by atoms with Gasteiger partial charge in [0, 0.05) is 27.8 Å². The molecule has 0 spiro atoms. The van der Waals surface area contributed by atoms with Gasteiger partial charge in [-0.1, -0.05) is 159 Å². The van der Waals surface area contributed by atoms with E-state index in [2.05, 4.69) is 134 Å². The summed E-state index contributed by atoms with van der Waals surface area (Å²) in [5.74, 6) is 2.28. The minimum atomic E-state index is 0.000722. The lowest BCUT2D eigenvalue weighted by atomic mass is 9.84. The molecule has 6 aromatic carbocycles. The van der Waals surface area contributed by atoms with Gasteiger partial charge in [-0.15, -0.1) is 0 Å². The van der Waals surface area contributed by atoms with Crippen LogP contribution in [0.1, 0.15) is 24.2 Å². The lowest BCUT2D eigenvalue weighted by Crippen LogP contribution is -2.14. The van der Waals surface area contributed by atoms with Gasteiger partial charge in [-0.3, -0.25) is 0 Å². The highest BCUT2D eigenvalue weighted by Crippen LogP contribution is 2.39. The Morgan fingerprint density at radius 1 is 0.500 bits per heavy atom. The fourth-order valence-electron chi connectivity index (χ4n) is 7.05. The zero-order valence-corrected chi connectivity index (χ0v) is 27.6. The molecule has 9 rings (SSSR count). The third-order valence-corrected chi connectivity index (χ3v) is 9.63. The second kappa shape index (κ2) is 12.6. The predicted octanol–water partition coefficient (Wildman–Crippen LogP) is 11.8. The Morgan fingerprint density at radius 2 is 1.10 bits per heavy atom. The van der Waals surface area contributed by atoms with E-state index in [1.54, 1.807) is 0 Å². The fraction of sp³-hybridized carbons (Fsp3) is 0.0652. The maximum absolute atomic E-state index is 6.20. The standard InChI is InChI=1S/C46H33N3O/c1-30-28-35(33-24-22-32(23-25-33)31-12-4-2-5-13-31)26-27-38(30)46-48-44(34-14-6-3-7-15-34)47-45(49-46)37-17-10-16-36(29-37)39-19-11-21-42-43(39)40-18-8-9-20-41(40)50-42/h2-30,38H,1H3. The van der Waals surface area contributed by atoms with E-state index in [0.717, 1.165) is 50.0 Å². The largest absolute Gasteiger partial charge is 0.456 e. The first-order valence-electron chi connectivity index (χ1n) is 17.1. The molecule has 0 amide bonds. The van der Waals surface area contributed by atoms with Crippen molar-refractivity contribution in [3.05, 3.63) is 181 Å². The van der Waals surface area contributed by atoms with E-state index in [-0.39, 0.29) is 11.8 Å². The zero-order valence-electron chi connectivity index (χ0n) is 27.6. The fourth-order valence-corrected chi connectivity index (χ4v) is 7.05. The van der Waals surface area contributed by atoms with Crippen LogP contribution >= 0.6 is 0 Å². The summed E-state index contributed by atoms with van der Waals surface area (Å²) >= 11 is 0. The Labute approximate surface area is 291 Å². The number of para-hydroxylation sites is 1. The van der Waals surface area contributed by atoms with Gasteiger partial charge >= 0.3 is 0 Å². The molecule has 0 fully saturated rings. The van der Waals surface area contributed by atoms with Crippen LogP contribution in [-0.4, -0.2) is 15.0 Å². The highest BCUT2D eigenvalue weighted by atomic mass is 16.3. The minimum Gasteiger partial charge on any atom is -0.456 e. The quantitative estimate of drug-likeness (QED) is 0.181. The highest BCUT2D eigenvalue weighted by Gasteiger charge is 2.24. The first-order valence-corrected chi connectivity index (χ1v) is 17.1. The summed E-state index contributed by atoms with van der Waals surface area (Å²) in [7, 11) is 0. The molecule has 0 bridgehead atoms. The van der Waals surface area contributed by atoms with Crippen LogP contribution in [0.15, 0.2) is 174 Å². The molecule has 50 heavy (non-hydrogen) atoms. The molecule has 2 atom stereocenters. The van der Waals surface area contributed by atoms with Crippen molar-refractivity contribution in [1.82, 2.24) is 15.0 Å².